The highest BCUT2D eigenvalue weighted by atomic mass is 16.5. The molecule has 1 aromatic rings. The zero-order chi connectivity index (χ0) is 14.3. The van der Waals surface area contributed by atoms with Gasteiger partial charge in [0.15, 0.2) is 0 Å². The Morgan fingerprint density at radius 3 is 2.75 bits per heavy atom. The van der Waals surface area contributed by atoms with E-state index < -0.39 is 17.5 Å². The molecule has 3 rings (SSSR count). The molecule has 2 heterocycles. The van der Waals surface area contributed by atoms with Crippen LogP contribution in [0.1, 0.15) is 50.3 Å². The molecule has 6 nitrogen and oxygen atoms in total. The number of H-pyrrole nitrogens is 1. The lowest BCUT2D eigenvalue weighted by Crippen LogP contribution is -2.40. The summed E-state index contributed by atoms with van der Waals surface area (Å²) in [5, 5.41) is 10.6. The Morgan fingerprint density at radius 2 is 2.05 bits per heavy atom. The Kier molecular flexibility index (Phi) is 3.30. The van der Waals surface area contributed by atoms with Crippen molar-refractivity contribution in [3.8, 4) is 0 Å². The summed E-state index contributed by atoms with van der Waals surface area (Å²) in [6.45, 7) is 1.66. The highest BCUT2D eigenvalue weighted by molar-refractivity contribution is 5.02. The normalized spacial score (nSPS) is 28.9. The van der Waals surface area contributed by atoms with Crippen molar-refractivity contribution < 1.29 is 9.84 Å². The molecule has 0 spiro atoms. The van der Waals surface area contributed by atoms with Gasteiger partial charge < -0.3 is 9.84 Å². The van der Waals surface area contributed by atoms with Gasteiger partial charge >= 0.3 is 5.69 Å². The van der Waals surface area contributed by atoms with Crippen molar-refractivity contribution in [3.05, 3.63) is 32.6 Å². The van der Waals surface area contributed by atoms with Crippen molar-refractivity contribution in [1.29, 1.82) is 0 Å². The molecule has 2 N–H and O–H groups in total. The Morgan fingerprint density at radius 1 is 1.35 bits per heavy atom. The maximum absolute atomic E-state index is 11.9. The Labute approximate surface area is 116 Å². The fourth-order valence-corrected chi connectivity index (χ4v) is 3.33. The van der Waals surface area contributed by atoms with Crippen LogP contribution in [-0.2, 0) is 4.74 Å². The standard InChI is InChI=1S/C14H20N2O4/c1-9-8-16(13(18)15-12(9)17)11-5-4-10(20-11)14(19)6-2-3-7-14/h8,10-11,19H,2-7H2,1H3,(H,15,17,18). The Bertz CT molecular complexity index is 612. The fraction of sp³-hybridized carbons (Fsp3) is 0.714. The second kappa shape index (κ2) is 4.86. The number of nitrogens with one attached hydrogen (secondary N) is 1. The van der Waals surface area contributed by atoms with Crippen LogP contribution < -0.4 is 11.2 Å². The molecule has 1 aliphatic heterocycles. The highest BCUT2D eigenvalue weighted by Gasteiger charge is 2.44. The maximum Gasteiger partial charge on any atom is 0.330 e. The van der Waals surface area contributed by atoms with Gasteiger partial charge in [-0.1, -0.05) is 12.8 Å². The van der Waals surface area contributed by atoms with Crippen molar-refractivity contribution in [2.75, 3.05) is 0 Å². The summed E-state index contributed by atoms with van der Waals surface area (Å²) < 4.78 is 7.33. The molecule has 1 saturated heterocycles. The average molecular weight is 280 g/mol. The number of aryl methyl sites for hydroxylation is 1. The summed E-state index contributed by atoms with van der Waals surface area (Å²) in [6, 6.07) is 0. The second-order valence-corrected chi connectivity index (χ2v) is 5.95. The number of hydrogen-bond acceptors (Lipinski definition) is 4. The molecule has 2 aliphatic rings. The third-order valence-corrected chi connectivity index (χ3v) is 4.52. The lowest BCUT2D eigenvalue weighted by molar-refractivity contribution is -0.116. The summed E-state index contributed by atoms with van der Waals surface area (Å²) in [5.74, 6) is 0. The van der Waals surface area contributed by atoms with Gasteiger partial charge in [0.25, 0.3) is 5.56 Å². The van der Waals surface area contributed by atoms with Crippen molar-refractivity contribution in [3.63, 3.8) is 0 Å². The molecule has 20 heavy (non-hydrogen) atoms. The number of rotatable bonds is 2. The first-order valence-electron chi connectivity index (χ1n) is 7.19. The van der Waals surface area contributed by atoms with E-state index in [1.54, 1.807) is 6.92 Å². The van der Waals surface area contributed by atoms with Gasteiger partial charge in [-0.2, -0.15) is 0 Å². The first-order chi connectivity index (χ1) is 9.49. The molecule has 1 aromatic heterocycles. The maximum atomic E-state index is 11.9. The minimum Gasteiger partial charge on any atom is -0.387 e. The molecule has 6 heteroatoms. The summed E-state index contributed by atoms with van der Waals surface area (Å²) in [4.78, 5) is 25.5. The van der Waals surface area contributed by atoms with E-state index in [-0.39, 0.29) is 11.7 Å². The molecule has 0 amide bonds. The Balaban J connectivity index is 1.82. The molecular formula is C14H20N2O4. The van der Waals surface area contributed by atoms with Gasteiger partial charge in [0.05, 0.1) is 11.7 Å². The summed E-state index contributed by atoms with van der Waals surface area (Å²) in [7, 11) is 0. The molecule has 0 aromatic carbocycles. The number of aliphatic hydroxyl groups is 1. The third kappa shape index (κ3) is 2.23. The van der Waals surface area contributed by atoms with Gasteiger partial charge in [0.2, 0.25) is 0 Å². The number of ether oxygens (including phenoxy) is 1. The van der Waals surface area contributed by atoms with Crippen LogP contribution in [0.15, 0.2) is 15.8 Å². The minimum absolute atomic E-state index is 0.214. The molecular weight excluding hydrogens is 260 g/mol. The van der Waals surface area contributed by atoms with Crippen molar-refractivity contribution in [1.82, 2.24) is 9.55 Å². The van der Waals surface area contributed by atoms with E-state index in [4.69, 9.17) is 4.74 Å². The van der Waals surface area contributed by atoms with Gasteiger partial charge in [-0.25, -0.2) is 4.79 Å². The van der Waals surface area contributed by atoms with Gasteiger partial charge in [-0.05, 0) is 32.6 Å². The molecule has 0 radical (unpaired) electrons. The van der Waals surface area contributed by atoms with Gasteiger partial charge in [-0.15, -0.1) is 0 Å². The number of nitrogens with zero attached hydrogens (tertiary/aromatic N) is 1. The van der Waals surface area contributed by atoms with Crippen LogP contribution in [-0.4, -0.2) is 26.4 Å². The van der Waals surface area contributed by atoms with E-state index in [1.807, 2.05) is 0 Å². The lowest BCUT2D eigenvalue weighted by Gasteiger charge is -2.29. The smallest absolute Gasteiger partial charge is 0.330 e. The summed E-state index contributed by atoms with van der Waals surface area (Å²) >= 11 is 0. The van der Waals surface area contributed by atoms with Crippen LogP contribution in [0, 0.1) is 6.92 Å². The quantitative estimate of drug-likeness (QED) is 0.840. The highest BCUT2D eigenvalue weighted by Crippen LogP contribution is 2.41. The monoisotopic (exact) mass is 280 g/mol. The van der Waals surface area contributed by atoms with E-state index in [0.29, 0.717) is 12.0 Å². The van der Waals surface area contributed by atoms with Crippen LogP contribution in [0.25, 0.3) is 0 Å². The van der Waals surface area contributed by atoms with Crippen LogP contribution >= 0.6 is 0 Å². The van der Waals surface area contributed by atoms with E-state index in [9.17, 15) is 14.7 Å². The van der Waals surface area contributed by atoms with E-state index in [1.165, 1.54) is 10.8 Å². The first-order valence-corrected chi connectivity index (χ1v) is 7.19. The first kappa shape index (κ1) is 13.6. The fourth-order valence-electron chi connectivity index (χ4n) is 3.33. The molecule has 110 valence electrons. The van der Waals surface area contributed by atoms with Gasteiger partial charge in [0.1, 0.15) is 6.23 Å². The third-order valence-electron chi connectivity index (χ3n) is 4.52. The summed E-state index contributed by atoms with van der Waals surface area (Å²) in [5.41, 5.74) is -1.08. The zero-order valence-electron chi connectivity index (χ0n) is 11.6. The summed E-state index contributed by atoms with van der Waals surface area (Å²) in [6.07, 6.45) is 5.93. The van der Waals surface area contributed by atoms with Crippen LogP contribution in [0.4, 0.5) is 0 Å². The van der Waals surface area contributed by atoms with E-state index >= 15 is 0 Å². The molecule has 1 saturated carbocycles. The average Bonchev–Trinajstić information content (AvgIpc) is 3.03. The topological polar surface area (TPSA) is 84.3 Å². The number of hydrogen-bond donors (Lipinski definition) is 2. The van der Waals surface area contributed by atoms with E-state index in [0.717, 1.165) is 32.1 Å². The number of aromatic amines is 1. The molecule has 2 atom stereocenters. The zero-order valence-corrected chi connectivity index (χ0v) is 11.6. The predicted octanol–water partition coefficient (Wildman–Crippen LogP) is 0.828. The predicted molar refractivity (Wildman–Crippen MR) is 72.6 cm³/mol. The van der Waals surface area contributed by atoms with Crippen LogP contribution in [0.3, 0.4) is 0 Å². The lowest BCUT2D eigenvalue weighted by atomic mass is 9.93. The second-order valence-electron chi connectivity index (χ2n) is 5.95. The van der Waals surface area contributed by atoms with Crippen LogP contribution in [0.2, 0.25) is 0 Å². The minimum atomic E-state index is -0.740. The molecule has 2 fully saturated rings. The Hall–Kier alpha value is -1.40. The van der Waals surface area contributed by atoms with Crippen molar-refractivity contribution in [2.24, 2.45) is 0 Å². The SMILES string of the molecule is Cc1cn(C2CCC(C3(O)CCCC3)O2)c(=O)[nH]c1=O. The van der Waals surface area contributed by atoms with Gasteiger partial charge in [-0.3, -0.25) is 14.3 Å². The molecule has 0 bridgehead atoms. The van der Waals surface area contributed by atoms with Crippen molar-refractivity contribution >= 4 is 0 Å². The van der Waals surface area contributed by atoms with E-state index in [2.05, 4.69) is 4.98 Å². The van der Waals surface area contributed by atoms with Crippen LogP contribution in [0.5, 0.6) is 0 Å². The number of aromatic nitrogens is 2. The molecule has 1 aliphatic carbocycles. The van der Waals surface area contributed by atoms with Gasteiger partial charge in [0, 0.05) is 11.8 Å². The molecule has 2 unspecified atom stereocenters. The van der Waals surface area contributed by atoms with Crippen molar-refractivity contribution in [2.45, 2.75) is 63.4 Å². The largest absolute Gasteiger partial charge is 0.387 e.